The highest BCUT2D eigenvalue weighted by Gasteiger charge is 2.07. The van der Waals surface area contributed by atoms with Crippen LogP contribution < -0.4 is 10.6 Å². The number of ether oxygens (including phenoxy) is 2. The summed E-state index contributed by atoms with van der Waals surface area (Å²) >= 11 is 0. The second-order valence-corrected chi connectivity index (χ2v) is 4.75. The number of nitrogens with one attached hydrogen (secondary N) is 2. The zero-order valence-corrected chi connectivity index (χ0v) is 13.8. The van der Waals surface area contributed by atoms with Crippen LogP contribution in [0.25, 0.3) is 0 Å². The highest BCUT2D eigenvalue weighted by atomic mass is 16.5. The number of nitriles is 1. The number of hydrogen-bond donors (Lipinski definition) is 2. The first-order chi connectivity index (χ1) is 10.8. The van der Waals surface area contributed by atoms with Gasteiger partial charge in [-0.25, -0.2) is 0 Å². The van der Waals surface area contributed by atoms with Gasteiger partial charge in [0.2, 0.25) is 0 Å². The summed E-state index contributed by atoms with van der Waals surface area (Å²) in [6.45, 7) is 8.00. The van der Waals surface area contributed by atoms with Gasteiger partial charge >= 0.3 is 0 Å². The average molecular weight is 311 g/mol. The molecule has 0 saturated heterocycles. The molecule has 6 heteroatoms. The number of nitrogens with zero attached hydrogens (tertiary/aromatic N) is 1. The van der Waals surface area contributed by atoms with E-state index in [2.05, 4.69) is 17.6 Å². The molecular formula is C16H29N3O3. The Morgan fingerprint density at radius 1 is 1.09 bits per heavy atom. The van der Waals surface area contributed by atoms with E-state index in [1.807, 2.05) is 13.0 Å². The van der Waals surface area contributed by atoms with Crippen molar-refractivity contribution in [2.45, 2.75) is 39.5 Å². The third-order valence-corrected chi connectivity index (χ3v) is 2.82. The van der Waals surface area contributed by atoms with E-state index in [0.29, 0.717) is 32.9 Å². The summed E-state index contributed by atoms with van der Waals surface area (Å²) in [6.07, 6.45) is 5.21. The van der Waals surface area contributed by atoms with Gasteiger partial charge in [0.05, 0.1) is 0 Å². The molecule has 0 atom stereocenters. The van der Waals surface area contributed by atoms with Gasteiger partial charge in [-0.05, 0) is 26.2 Å². The fraction of sp³-hybridized carbons (Fsp3) is 0.750. The minimum atomic E-state index is -0.353. The van der Waals surface area contributed by atoms with Crippen LogP contribution in [0.5, 0.6) is 0 Å². The van der Waals surface area contributed by atoms with Gasteiger partial charge in [-0.15, -0.1) is 0 Å². The largest absolute Gasteiger partial charge is 0.390 e. The monoisotopic (exact) mass is 311 g/mol. The molecule has 0 radical (unpaired) electrons. The molecule has 0 aliphatic carbocycles. The van der Waals surface area contributed by atoms with Crippen LogP contribution in [0.15, 0.2) is 11.8 Å². The lowest BCUT2D eigenvalue weighted by molar-refractivity contribution is -0.117. The zero-order chi connectivity index (χ0) is 16.5. The van der Waals surface area contributed by atoms with Gasteiger partial charge in [0.1, 0.15) is 11.6 Å². The molecule has 0 bridgehead atoms. The van der Waals surface area contributed by atoms with E-state index in [1.54, 1.807) is 0 Å². The maximum Gasteiger partial charge on any atom is 0.263 e. The summed E-state index contributed by atoms with van der Waals surface area (Å²) < 4.78 is 10.6. The van der Waals surface area contributed by atoms with Crippen LogP contribution in [0, 0.1) is 11.3 Å². The van der Waals surface area contributed by atoms with Crippen LogP contribution in [0.3, 0.4) is 0 Å². The Bertz CT molecular complexity index is 351. The van der Waals surface area contributed by atoms with Gasteiger partial charge in [-0.3, -0.25) is 4.79 Å². The van der Waals surface area contributed by atoms with Crippen molar-refractivity contribution < 1.29 is 14.3 Å². The normalized spacial score (nSPS) is 11.0. The Kier molecular flexibility index (Phi) is 14.7. The van der Waals surface area contributed by atoms with Gasteiger partial charge in [0.25, 0.3) is 5.91 Å². The summed E-state index contributed by atoms with van der Waals surface area (Å²) in [6, 6.07) is 1.90. The van der Waals surface area contributed by atoms with E-state index in [0.717, 1.165) is 32.3 Å². The standard InChI is InChI=1S/C16H29N3O3/c1-3-5-10-22-12-7-9-19-16(20)15(13-17)14-18-8-6-11-21-4-2/h14,18H,3-12H2,1-2H3,(H,19,20)/b15-14-. The van der Waals surface area contributed by atoms with Crippen molar-refractivity contribution in [2.75, 3.05) is 39.5 Å². The molecule has 2 N–H and O–H groups in total. The molecule has 1 amide bonds. The number of rotatable bonds is 14. The molecular weight excluding hydrogens is 282 g/mol. The molecule has 126 valence electrons. The SMILES string of the molecule is CCCCOCCCNC(=O)/C(C#N)=C\NCCCOCC. The Labute approximate surface area is 133 Å². The highest BCUT2D eigenvalue weighted by molar-refractivity contribution is 5.97. The van der Waals surface area contributed by atoms with Crippen molar-refractivity contribution in [3.8, 4) is 6.07 Å². The van der Waals surface area contributed by atoms with Crippen LogP contribution in [-0.4, -0.2) is 45.4 Å². The summed E-state index contributed by atoms with van der Waals surface area (Å²) in [7, 11) is 0. The van der Waals surface area contributed by atoms with Crippen LogP contribution in [0.4, 0.5) is 0 Å². The molecule has 0 aliphatic heterocycles. The van der Waals surface area contributed by atoms with Gasteiger partial charge in [0, 0.05) is 45.7 Å². The predicted octanol–water partition coefficient (Wildman–Crippen LogP) is 1.73. The van der Waals surface area contributed by atoms with Gasteiger partial charge < -0.3 is 20.1 Å². The second-order valence-electron chi connectivity index (χ2n) is 4.75. The predicted molar refractivity (Wildman–Crippen MR) is 86.2 cm³/mol. The molecule has 0 unspecified atom stereocenters. The van der Waals surface area contributed by atoms with Crippen LogP contribution >= 0.6 is 0 Å². The smallest absolute Gasteiger partial charge is 0.263 e. The average Bonchev–Trinajstić information content (AvgIpc) is 2.53. The van der Waals surface area contributed by atoms with Crippen LogP contribution in [0.1, 0.15) is 39.5 Å². The number of hydrogen-bond acceptors (Lipinski definition) is 5. The molecule has 6 nitrogen and oxygen atoms in total. The van der Waals surface area contributed by atoms with E-state index in [4.69, 9.17) is 14.7 Å². The zero-order valence-electron chi connectivity index (χ0n) is 13.8. The van der Waals surface area contributed by atoms with E-state index >= 15 is 0 Å². The van der Waals surface area contributed by atoms with E-state index in [9.17, 15) is 4.79 Å². The molecule has 22 heavy (non-hydrogen) atoms. The Hall–Kier alpha value is -1.58. The first-order valence-electron chi connectivity index (χ1n) is 8.03. The molecule has 0 heterocycles. The molecule has 0 saturated carbocycles. The fourth-order valence-electron chi connectivity index (χ4n) is 1.56. The first kappa shape index (κ1) is 20.4. The Balaban J connectivity index is 3.74. The van der Waals surface area contributed by atoms with Crippen molar-refractivity contribution in [3.05, 3.63) is 11.8 Å². The summed E-state index contributed by atoms with van der Waals surface area (Å²) in [5.41, 5.74) is 0.0864. The number of carbonyl (C=O) groups excluding carboxylic acids is 1. The number of amides is 1. The molecule has 0 aromatic rings. The quantitative estimate of drug-likeness (QED) is 0.290. The first-order valence-corrected chi connectivity index (χ1v) is 8.03. The number of unbranched alkanes of at least 4 members (excludes halogenated alkanes) is 1. The molecule has 0 aliphatic rings. The highest BCUT2D eigenvalue weighted by Crippen LogP contribution is 1.92. The Morgan fingerprint density at radius 3 is 2.45 bits per heavy atom. The van der Waals surface area contributed by atoms with Crippen LogP contribution in [0.2, 0.25) is 0 Å². The van der Waals surface area contributed by atoms with E-state index in [-0.39, 0.29) is 11.5 Å². The lowest BCUT2D eigenvalue weighted by atomic mass is 10.3. The van der Waals surface area contributed by atoms with Crippen molar-refractivity contribution in [2.24, 2.45) is 0 Å². The third kappa shape index (κ3) is 12.2. The molecule has 0 spiro atoms. The molecule has 0 rings (SSSR count). The lowest BCUT2D eigenvalue weighted by Crippen LogP contribution is -2.27. The maximum atomic E-state index is 11.8. The van der Waals surface area contributed by atoms with Gasteiger partial charge in [0.15, 0.2) is 0 Å². The van der Waals surface area contributed by atoms with Crippen LogP contribution in [-0.2, 0) is 14.3 Å². The molecule has 0 aromatic heterocycles. The fourth-order valence-corrected chi connectivity index (χ4v) is 1.56. The van der Waals surface area contributed by atoms with Gasteiger partial charge in [-0.2, -0.15) is 5.26 Å². The lowest BCUT2D eigenvalue weighted by Gasteiger charge is -2.06. The molecule has 0 fully saturated rings. The van der Waals surface area contributed by atoms with Crippen molar-refractivity contribution in [1.82, 2.24) is 10.6 Å². The van der Waals surface area contributed by atoms with Crippen molar-refractivity contribution in [3.63, 3.8) is 0 Å². The van der Waals surface area contributed by atoms with E-state index in [1.165, 1.54) is 6.20 Å². The minimum Gasteiger partial charge on any atom is -0.390 e. The van der Waals surface area contributed by atoms with Gasteiger partial charge in [-0.1, -0.05) is 13.3 Å². The summed E-state index contributed by atoms with van der Waals surface area (Å²) in [4.78, 5) is 11.8. The maximum absolute atomic E-state index is 11.8. The van der Waals surface area contributed by atoms with Crippen molar-refractivity contribution in [1.29, 1.82) is 5.26 Å². The van der Waals surface area contributed by atoms with Crippen molar-refractivity contribution >= 4 is 5.91 Å². The van der Waals surface area contributed by atoms with E-state index < -0.39 is 0 Å². The Morgan fingerprint density at radius 2 is 1.77 bits per heavy atom. The summed E-state index contributed by atoms with van der Waals surface area (Å²) in [5.74, 6) is -0.353. The summed E-state index contributed by atoms with van der Waals surface area (Å²) in [5, 5.41) is 14.6. The third-order valence-electron chi connectivity index (χ3n) is 2.82. The topological polar surface area (TPSA) is 83.4 Å². The minimum absolute atomic E-state index is 0.0864. The second kappa shape index (κ2) is 15.8. The molecule has 0 aromatic carbocycles. The number of carbonyl (C=O) groups is 1.